The van der Waals surface area contributed by atoms with E-state index in [1.54, 1.807) is 0 Å². The minimum absolute atomic E-state index is 0.380. The van der Waals surface area contributed by atoms with Crippen LogP contribution in [0.2, 0.25) is 0 Å². The highest BCUT2D eigenvalue weighted by molar-refractivity contribution is 4.62. The average molecular weight is 327 g/mol. The van der Waals surface area contributed by atoms with Gasteiger partial charge < -0.3 is 9.47 Å². The van der Waals surface area contributed by atoms with Gasteiger partial charge in [0.15, 0.2) is 0 Å². The summed E-state index contributed by atoms with van der Waals surface area (Å²) in [6.45, 7) is 4.97. The van der Waals surface area contributed by atoms with Crippen LogP contribution < -0.4 is 0 Å². The third kappa shape index (κ3) is 14.0. The molecule has 0 aromatic carbocycles. The summed E-state index contributed by atoms with van der Waals surface area (Å²) < 4.78 is 11.4. The number of rotatable bonds is 16. The molecular formula is C21H42O2. The first-order chi connectivity index (χ1) is 11.4. The summed E-state index contributed by atoms with van der Waals surface area (Å²) in [5, 5.41) is 0. The Morgan fingerprint density at radius 1 is 0.739 bits per heavy atom. The molecule has 1 aliphatic heterocycles. The lowest BCUT2D eigenvalue weighted by Crippen LogP contribution is -2.24. The van der Waals surface area contributed by atoms with E-state index in [1.807, 2.05) is 0 Å². The molecule has 1 aliphatic rings. The highest BCUT2D eigenvalue weighted by atomic mass is 16.5. The maximum absolute atomic E-state index is 5.75. The van der Waals surface area contributed by atoms with Gasteiger partial charge in [0, 0.05) is 13.2 Å². The van der Waals surface area contributed by atoms with Gasteiger partial charge in [0.2, 0.25) is 0 Å². The van der Waals surface area contributed by atoms with Gasteiger partial charge in [-0.25, -0.2) is 0 Å². The van der Waals surface area contributed by atoms with Crippen molar-refractivity contribution in [2.75, 3.05) is 19.8 Å². The molecule has 1 atom stereocenters. The maximum atomic E-state index is 5.75. The molecule has 1 fully saturated rings. The van der Waals surface area contributed by atoms with E-state index < -0.39 is 0 Å². The van der Waals surface area contributed by atoms with E-state index in [0.717, 1.165) is 19.8 Å². The summed E-state index contributed by atoms with van der Waals surface area (Å²) in [7, 11) is 0. The highest BCUT2D eigenvalue weighted by Gasteiger charge is 2.13. The fourth-order valence-electron chi connectivity index (χ4n) is 3.38. The zero-order valence-electron chi connectivity index (χ0n) is 15.8. The standard InChI is InChI=1S/C21H42O2/c1-2-3-4-5-6-7-8-9-10-11-12-13-15-18-22-20-21-17-14-16-19-23-21/h21H,2-20H2,1H3. The second-order valence-electron chi connectivity index (χ2n) is 7.31. The van der Waals surface area contributed by atoms with Crippen LogP contribution in [0.1, 0.15) is 110 Å². The Hall–Kier alpha value is -0.0800. The lowest BCUT2D eigenvalue weighted by atomic mass is 10.0. The maximum Gasteiger partial charge on any atom is 0.0808 e. The van der Waals surface area contributed by atoms with Crippen LogP contribution in [0.15, 0.2) is 0 Å². The van der Waals surface area contributed by atoms with E-state index in [9.17, 15) is 0 Å². The highest BCUT2D eigenvalue weighted by Crippen LogP contribution is 2.14. The molecule has 138 valence electrons. The molecule has 0 aliphatic carbocycles. The predicted octanol–water partition coefficient (Wildman–Crippen LogP) is 6.66. The SMILES string of the molecule is CCCCCCCCCCCCCCCOCC1CCCCO1. The average Bonchev–Trinajstić information content (AvgIpc) is 2.59. The minimum atomic E-state index is 0.380. The first kappa shape index (κ1) is 21.0. The quantitative estimate of drug-likeness (QED) is 0.295. The molecule has 0 saturated carbocycles. The van der Waals surface area contributed by atoms with Crippen molar-refractivity contribution in [3.63, 3.8) is 0 Å². The summed E-state index contributed by atoms with van der Waals surface area (Å²) in [4.78, 5) is 0. The molecule has 23 heavy (non-hydrogen) atoms. The van der Waals surface area contributed by atoms with Gasteiger partial charge >= 0.3 is 0 Å². The van der Waals surface area contributed by atoms with Gasteiger partial charge in [0.1, 0.15) is 0 Å². The molecule has 0 radical (unpaired) electrons. The summed E-state index contributed by atoms with van der Waals surface area (Å²) in [5.74, 6) is 0. The third-order valence-electron chi connectivity index (χ3n) is 4.97. The molecule has 2 nitrogen and oxygen atoms in total. The van der Waals surface area contributed by atoms with Crippen molar-refractivity contribution in [1.82, 2.24) is 0 Å². The Morgan fingerprint density at radius 2 is 1.30 bits per heavy atom. The minimum Gasteiger partial charge on any atom is -0.379 e. The largest absolute Gasteiger partial charge is 0.379 e. The second-order valence-corrected chi connectivity index (χ2v) is 7.31. The molecule has 1 rings (SSSR count). The fourth-order valence-corrected chi connectivity index (χ4v) is 3.38. The van der Waals surface area contributed by atoms with Crippen LogP contribution in [-0.2, 0) is 9.47 Å². The first-order valence-corrected chi connectivity index (χ1v) is 10.6. The molecule has 0 N–H and O–H groups in total. The number of ether oxygens (including phenoxy) is 2. The van der Waals surface area contributed by atoms with Crippen LogP contribution in [0.25, 0.3) is 0 Å². The first-order valence-electron chi connectivity index (χ1n) is 10.6. The van der Waals surface area contributed by atoms with Crippen LogP contribution in [0, 0.1) is 0 Å². The van der Waals surface area contributed by atoms with E-state index in [-0.39, 0.29) is 0 Å². The molecule has 2 heteroatoms. The van der Waals surface area contributed by atoms with Crippen molar-refractivity contribution in [2.24, 2.45) is 0 Å². The molecule has 0 amide bonds. The molecule has 0 bridgehead atoms. The van der Waals surface area contributed by atoms with E-state index in [4.69, 9.17) is 9.47 Å². The molecule has 1 heterocycles. The van der Waals surface area contributed by atoms with Gasteiger partial charge in [0.25, 0.3) is 0 Å². The van der Waals surface area contributed by atoms with Gasteiger partial charge in [-0.1, -0.05) is 84.0 Å². The van der Waals surface area contributed by atoms with Crippen molar-refractivity contribution < 1.29 is 9.47 Å². The number of unbranched alkanes of at least 4 members (excludes halogenated alkanes) is 12. The summed E-state index contributed by atoms with van der Waals surface area (Å²) in [5.41, 5.74) is 0. The lowest BCUT2D eigenvalue weighted by molar-refractivity contribution is -0.0411. The Morgan fingerprint density at radius 3 is 1.83 bits per heavy atom. The van der Waals surface area contributed by atoms with Crippen molar-refractivity contribution in [3.05, 3.63) is 0 Å². The predicted molar refractivity (Wildman–Crippen MR) is 100 cm³/mol. The van der Waals surface area contributed by atoms with E-state index in [1.165, 1.54) is 103 Å². The number of hydrogen-bond donors (Lipinski definition) is 0. The molecular weight excluding hydrogens is 284 g/mol. The Kier molecular flexibility index (Phi) is 15.3. The number of hydrogen-bond acceptors (Lipinski definition) is 2. The van der Waals surface area contributed by atoms with Gasteiger partial charge in [-0.3, -0.25) is 0 Å². The molecule has 1 unspecified atom stereocenters. The van der Waals surface area contributed by atoms with E-state index >= 15 is 0 Å². The smallest absolute Gasteiger partial charge is 0.0808 e. The van der Waals surface area contributed by atoms with Crippen molar-refractivity contribution in [2.45, 2.75) is 116 Å². The molecule has 0 aromatic rings. The van der Waals surface area contributed by atoms with Crippen LogP contribution in [-0.4, -0.2) is 25.9 Å². The normalized spacial score (nSPS) is 18.4. The molecule has 0 spiro atoms. The van der Waals surface area contributed by atoms with Crippen molar-refractivity contribution in [3.8, 4) is 0 Å². The summed E-state index contributed by atoms with van der Waals surface area (Å²) in [6.07, 6.45) is 22.4. The van der Waals surface area contributed by atoms with E-state index in [0.29, 0.717) is 6.10 Å². The fraction of sp³-hybridized carbons (Fsp3) is 1.00. The second kappa shape index (κ2) is 16.8. The Bertz CT molecular complexity index is 224. The molecule has 1 saturated heterocycles. The van der Waals surface area contributed by atoms with Crippen LogP contribution in [0.4, 0.5) is 0 Å². The zero-order valence-corrected chi connectivity index (χ0v) is 15.8. The lowest BCUT2D eigenvalue weighted by Gasteiger charge is -2.22. The van der Waals surface area contributed by atoms with Crippen molar-refractivity contribution >= 4 is 0 Å². The van der Waals surface area contributed by atoms with Gasteiger partial charge in [0.05, 0.1) is 12.7 Å². The van der Waals surface area contributed by atoms with Gasteiger partial charge in [-0.2, -0.15) is 0 Å². The topological polar surface area (TPSA) is 18.5 Å². The summed E-state index contributed by atoms with van der Waals surface area (Å²) in [6, 6.07) is 0. The van der Waals surface area contributed by atoms with Crippen LogP contribution in [0.3, 0.4) is 0 Å². The Labute approximate surface area is 145 Å². The van der Waals surface area contributed by atoms with Crippen LogP contribution in [0.5, 0.6) is 0 Å². The zero-order chi connectivity index (χ0) is 16.4. The summed E-state index contributed by atoms with van der Waals surface area (Å²) >= 11 is 0. The van der Waals surface area contributed by atoms with Gasteiger partial charge in [-0.15, -0.1) is 0 Å². The monoisotopic (exact) mass is 326 g/mol. The van der Waals surface area contributed by atoms with Crippen LogP contribution >= 0.6 is 0 Å². The Balaban J connectivity index is 1.67. The third-order valence-corrected chi connectivity index (χ3v) is 4.97. The van der Waals surface area contributed by atoms with E-state index in [2.05, 4.69) is 6.92 Å². The molecule has 0 aromatic heterocycles. The van der Waals surface area contributed by atoms with Gasteiger partial charge in [-0.05, 0) is 25.7 Å². The van der Waals surface area contributed by atoms with Crippen molar-refractivity contribution in [1.29, 1.82) is 0 Å².